The van der Waals surface area contributed by atoms with E-state index >= 15 is 0 Å². The van der Waals surface area contributed by atoms with Crippen LogP contribution in [0.2, 0.25) is 0 Å². The number of hydrogen-bond acceptors (Lipinski definition) is 1. The van der Waals surface area contributed by atoms with Crippen molar-refractivity contribution in [3.05, 3.63) is 70.7 Å². The van der Waals surface area contributed by atoms with Crippen LogP contribution in [0.25, 0.3) is 31.3 Å². The summed E-state index contributed by atoms with van der Waals surface area (Å²) in [6.07, 6.45) is 0. The topological polar surface area (TPSA) is 0 Å². The Hall–Kier alpha value is -1.64. The first-order valence-corrected chi connectivity index (χ1v) is 8.51. The van der Waals surface area contributed by atoms with Gasteiger partial charge in [-0.05, 0) is 52.4 Å². The van der Waals surface area contributed by atoms with E-state index in [0.29, 0.717) is 0 Å². The fourth-order valence-corrected chi connectivity index (χ4v) is 4.43. The second-order valence-electron chi connectivity index (χ2n) is 5.29. The number of halogens is 1. The van der Waals surface area contributed by atoms with Gasteiger partial charge in [-0.3, -0.25) is 0 Å². The van der Waals surface area contributed by atoms with Gasteiger partial charge in [-0.25, -0.2) is 0 Å². The summed E-state index contributed by atoms with van der Waals surface area (Å²) in [6, 6.07) is 21.9. The van der Waals surface area contributed by atoms with Gasteiger partial charge in [0.25, 0.3) is 0 Å². The summed E-state index contributed by atoms with van der Waals surface area (Å²) in [5, 5.41) is 3.89. The lowest BCUT2D eigenvalue weighted by atomic mass is 10.0. The van der Waals surface area contributed by atoms with Crippen LogP contribution in [0.4, 0.5) is 0 Å². The second-order valence-corrected chi connectivity index (χ2v) is 7.23. The number of rotatable bonds is 1. The molecule has 102 valence electrons. The van der Waals surface area contributed by atoms with Gasteiger partial charge in [0.2, 0.25) is 0 Å². The molecule has 1 heterocycles. The standard InChI is InChI=1S/C19H13BrS/c1-12-6-7-13-11-19(21-18(13)10-12)16-8-9-17(20)15-5-3-2-4-14(15)16/h2-11H,1H3. The van der Waals surface area contributed by atoms with Crippen molar-refractivity contribution in [2.45, 2.75) is 6.92 Å². The molecule has 0 fully saturated rings. The van der Waals surface area contributed by atoms with Crippen LogP contribution in [0.15, 0.2) is 65.1 Å². The molecule has 0 saturated carbocycles. The minimum absolute atomic E-state index is 1.15. The van der Waals surface area contributed by atoms with E-state index in [1.807, 2.05) is 11.3 Å². The molecule has 0 bridgehead atoms. The second kappa shape index (κ2) is 4.97. The lowest BCUT2D eigenvalue weighted by Crippen LogP contribution is -1.79. The summed E-state index contributed by atoms with van der Waals surface area (Å²) in [5.74, 6) is 0. The van der Waals surface area contributed by atoms with Crippen LogP contribution in [0.3, 0.4) is 0 Å². The third-order valence-electron chi connectivity index (χ3n) is 3.81. The van der Waals surface area contributed by atoms with E-state index in [1.54, 1.807) is 0 Å². The fraction of sp³-hybridized carbons (Fsp3) is 0.0526. The van der Waals surface area contributed by atoms with Gasteiger partial charge in [-0.1, -0.05) is 58.4 Å². The number of hydrogen-bond donors (Lipinski definition) is 0. The third-order valence-corrected chi connectivity index (χ3v) is 5.63. The van der Waals surface area contributed by atoms with Gasteiger partial charge in [0.15, 0.2) is 0 Å². The first kappa shape index (κ1) is 13.1. The summed E-state index contributed by atoms with van der Waals surface area (Å²) in [6.45, 7) is 2.15. The van der Waals surface area contributed by atoms with Gasteiger partial charge in [0.1, 0.15) is 0 Å². The summed E-state index contributed by atoms with van der Waals surface area (Å²) in [5.41, 5.74) is 2.63. The highest BCUT2D eigenvalue weighted by Crippen LogP contribution is 2.39. The Morgan fingerprint density at radius 1 is 0.857 bits per heavy atom. The Labute approximate surface area is 136 Å². The molecule has 0 nitrogen and oxygen atoms in total. The molecule has 0 radical (unpaired) electrons. The molecule has 21 heavy (non-hydrogen) atoms. The maximum Gasteiger partial charge on any atom is 0.0361 e. The number of aryl methyl sites for hydroxylation is 1. The van der Waals surface area contributed by atoms with Crippen LogP contribution in [0.1, 0.15) is 5.56 Å². The average molecular weight is 353 g/mol. The largest absolute Gasteiger partial charge is 0.135 e. The third kappa shape index (κ3) is 2.19. The Balaban J connectivity index is 2.02. The van der Waals surface area contributed by atoms with Gasteiger partial charge in [-0.15, -0.1) is 11.3 Å². The van der Waals surface area contributed by atoms with Crippen molar-refractivity contribution < 1.29 is 0 Å². The molecule has 0 N–H and O–H groups in total. The molecule has 3 aromatic carbocycles. The van der Waals surface area contributed by atoms with Crippen LogP contribution in [0, 0.1) is 6.92 Å². The SMILES string of the molecule is Cc1ccc2cc(-c3ccc(Br)c4ccccc34)sc2c1. The number of thiophene rings is 1. The molecule has 0 atom stereocenters. The molecule has 4 rings (SSSR count). The first-order valence-electron chi connectivity index (χ1n) is 6.90. The van der Waals surface area contributed by atoms with Crippen molar-refractivity contribution in [2.75, 3.05) is 0 Å². The molecule has 0 amide bonds. The maximum atomic E-state index is 3.65. The molecule has 0 spiro atoms. The molecular formula is C19H13BrS. The Morgan fingerprint density at radius 2 is 1.67 bits per heavy atom. The molecule has 0 saturated heterocycles. The van der Waals surface area contributed by atoms with E-state index < -0.39 is 0 Å². The van der Waals surface area contributed by atoms with Crippen molar-refractivity contribution in [1.29, 1.82) is 0 Å². The molecule has 2 heteroatoms. The maximum absolute atomic E-state index is 3.65. The highest BCUT2D eigenvalue weighted by Gasteiger charge is 2.09. The van der Waals surface area contributed by atoms with Gasteiger partial charge in [0, 0.05) is 14.0 Å². The molecule has 0 unspecified atom stereocenters. The lowest BCUT2D eigenvalue weighted by Gasteiger charge is -2.06. The van der Waals surface area contributed by atoms with E-state index in [2.05, 4.69) is 83.5 Å². The molecule has 0 aliphatic rings. The predicted molar refractivity (Wildman–Crippen MR) is 97.2 cm³/mol. The van der Waals surface area contributed by atoms with Gasteiger partial charge >= 0.3 is 0 Å². The van der Waals surface area contributed by atoms with Crippen molar-refractivity contribution >= 4 is 48.1 Å². The van der Waals surface area contributed by atoms with Crippen LogP contribution >= 0.6 is 27.3 Å². The highest BCUT2D eigenvalue weighted by molar-refractivity contribution is 9.10. The predicted octanol–water partition coefficient (Wildman–Crippen LogP) is 6.79. The van der Waals surface area contributed by atoms with E-state index in [-0.39, 0.29) is 0 Å². The highest BCUT2D eigenvalue weighted by atomic mass is 79.9. The normalized spacial score (nSPS) is 11.3. The minimum atomic E-state index is 1.15. The Morgan fingerprint density at radius 3 is 2.52 bits per heavy atom. The van der Waals surface area contributed by atoms with E-state index in [1.165, 1.54) is 36.9 Å². The number of fused-ring (bicyclic) bond motifs is 2. The number of benzene rings is 3. The van der Waals surface area contributed by atoms with Crippen LogP contribution in [-0.4, -0.2) is 0 Å². The molecular weight excluding hydrogens is 340 g/mol. The minimum Gasteiger partial charge on any atom is -0.135 e. The quantitative estimate of drug-likeness (QED) is 0.353. The lowest BCUT2D eigenvalue weighted by molar-refractivity contribution is 1.52. The van der Waals surface area contributed by atoms with Gasteiger partial charge < -0.3 is 0 Å². The molecule has 1 aromatic heterocycles. The van der Waals surface area contributed by atoms with Crippen LogP contribution < -0.4 is 0 Å². The Bertz CT molecular complexity index is 966. The summed E-state index contributed by atoms with van der Waals surface area (Å²) < 4.78 is 2.51. The zero-order chi connectivity index (χ0) is 14.4. The monoisotopic (exact) mass is 352 g/mol. The smallest absolute Gasteiger partial charge is 0.0361 e. The van der Waals surface area contributed by atoms with Crippen molar-refractivity contribution in [1.82, 2.24) is 0 Å². The van der Waals surface area contributed by atoms with Gasteiger partial charge in [0.05, 0.1) is 0 Å². The van der Waals surface area contributed by atoms with E-state index in [0.717, 1.165) is 4.47 Å². The fourth-order valence-electron chi connectivity index (χ4n) is 2.75. The van der Waals surface area contributed by atoms with Crippen molar-refractivity contribution in [2.24, 2.45) is 0 Å². The van der Waals surface area contributed by atoms with Crippen LogP contribution in [0.5, 0.6) is 0 Å². The molecule has 0 aliphatic heterocycles. The summed E-state index contributed by atoms with van der Waals surface area (Å²) in [4.78, 5) is 1.33. The van der Waals surface area contributed by atoms with E-state index in [4.69, 9.17) is 0 Å². The summed E-state index contributed by atoms with van der Waals surface area (Å²) >= 11 is 5.52. The summed E-state index contributed by atoms with van der Waals surface area (Å²) in [7, 11) is 0. The van der Waals surface area contributed by atoms with Gasteiger partial charge in [-0.2, -0.15) is 0 Å². The molecule has 0 aliphatic carbocycles. The molecule has 4 aromatic rings. The van der Waals surface area contributed by atoms with E-state index in [9.17, 15) is 0 Å². The van der Waals surface area contributed by atoms with Crippen molar-refractivity contribution in [3.8, 4) is 10.4 Å². The van der Waals surface area contributed by atoms with Crippen LogP contribution in [-0.2, 0) is 0 Å². The average Bonchev–Trinajstić information content (AvgIpc) is 2.90. The zero-order valence-corrected chi connectivity index (χ0v) is 14.0. The van der Waals surface area contributed by atoms with Crippen molar-refractivity contribution in [3.63, 3.8) is 0 Å². The Kier molecular flexibility index (Phi) is 3.09. The first-order chi connectivity index (χ1) is 10.2. The zero-order valence-electron chi connectivity index (χ0n) is 11.6.